The molecule has 0 radical (unpaired) electrons. The third-order valence-electron chi connectivity index (χ3n) is 0.820. The first kappa shape index (κ1) is 4.30. The Morgan fingerprint density at radius 3 is 2.29 bits per heavy atom. The summed E-state index contributed by atoms with van der Waals surface area (Å²) in [6.45, 7) is 0. The molecule has 3 nitrogen and oxygen atoms in total. The Labute approximate surface area is 42.2 Å². The lowest BCUT2D eigenvalue weighted by molar-refractivity contribution is -0.794. The van der Waals surface area contributed by atoms with E-state index in [9.17, 15) is 0 Å². The summed E-state index contributed by atoms with van der Waals surface area (Å²) >= 11 is 0. The number of hydrogen-bond acceptors (Lipinski definition) is 0. The summed E-state index contributed by atoms with van der Waals surface area (Å²) in [7, 11) is 3.91. The average molecular weight is 99.1 g/mol. The molecule has 0 saturated heterocycles. The summed E-state index contributed by atoms with van der Waals surface area (Å²) in [4.78, 5) is 0. The van der Waals surface area contributed by atoms with Crippen molar-refractivity contribution in [3.05, 3.63) is 12.7 Å². The van der Waals surface area contributed by atoms with Crippen LogP contribution in [0.1, 0.15) is 0 Å². The van der Waals surface area contributed by atoms with Crippen molar-refractivity contribution in [3.63, 3.8) is 0 Å². The Hall–Kier alpha value is -0.860. The standard InChI is InChI=1S/C4H8N3/c1-6-3-5-7(2)4-6/h3-4H,1-2H3/q+1/p+1. The van der Waals surface area contributed by atoms with Gasteiger partial charge in [-0.05, 0) is 9.78 Å². The van der Waals surface area contributed by atoms with E-state index in [1.807, 2.05) is 36.0 Å². The van der Waals surface area contributed by atoms with E-state index < -0.39 is 0 Å². The van der Waals surface area contributed by atoms with E-state index in [1.54, 1.807) is 0 Å². The van der Waals surface area contributed by atoms with Gasteiger partial charge in [0.15, 0.2) is 0 Å². The zero-order valence-electron chi connectivity index (χ0n) is 4.55. The molecule has 3 heteroatoms. The predicted octanol–water partition coefficient (Wildman–Crippen LogP) is -1.34. The largest absolute Gasteiger partial charge is 0.345 e. The maximum Gasteiger partial charge on any atom is 0.345 e. The minimum absolute atomic E-state index is 1.88. The first-order chi connectivity index (χ1) is 3.29. The van der Waals surface area contributed by atoms with Crippen molar-refractivity contribution in [1.82, 2.24) is 5.10 Å². The van der Waals surface area contributed by atoms with Crippen LogP contribution in [-0.2, 0) is 14.1 Å². The van der Waals surface area contributed by atoms with Crippen molar-refractivity contribution in [2.24, 2.45) is 14.1 Å². The van der Waals surface area contributed by atoms with Crippen molar-refractivity contribution < 1.29 is 9.25 Å². The lowest BCUT2D eigenvalue weighted by Crippen LogP contribution is -2.33. The third kappa shape index (κ3) is 0.765. The van der Waals surface area contributed by atoms with E-state index in [4.69, 9.17) is 0 Å². The average Bonchev–Trinajstić information content (AvgIpc) is 1.87. The molecule has 0 aromatic carbocycles. The molecule has 0 amide bonds. The van der Waals surface area contributed by atoms with Crippen molar-refractivity contribution in [1.29, 1.82) is 0 Å². The van der Waals surface area contributed by atoms with Gasteiger partial charge < -0.3 is 0 Å². The van der Waals surface area contributed by atoms with E-state index in [1.165, 1.54) is 0 Å². The molecule has 0 aliphatic carbocycles. The number of nitrogens with one attached hydrogen (secondary N) is 1. The van der Waals surface area contributed by atoms with Crippen molar-refractivity contribution in [2.75, 3.05) is 0 Å². The van der Waals surface area contributed by atoms with Crippen molar-refractivity contribution >= 4 is 0 Å². The molecule has 0 atom stereocenters. The van der Waals surface area contributed by atoms with E-state index in [0.29, 0.717) is 0 Å². The molecule has 0 saturated carbocycles. The molecule has 1 rings (SSSR count). The summed E-state index contributed by atoms with van der Waals surface area (Å²) < 4.78 is 3.82. The van der Waals surface area contributed by atoms with Gasteiger partial charge in [0.05, 0.1) is 0 Å². The van der Waals surface area contributed by atoms with Gasteiger partial charge in [-0.15, -0.1) is 0 Å². The minimum atomic E-state index is 1.88. The number of aromatic amines is 1. The van der Waals surface area contributed by atoms with Gasteiger partial charge in [0.2, 0.25) is 0 Å². The lowest BCUT2D eigenvalue weighted by Gasteiger charge is -1.62. The Bertz CT molecular complexity index is 139. The van der Waals surface area contributed by atoms with Crippen LogP contribution in [0.4, 0.5) is 0 Å². The van der Waals surface area contributed by atoms with Gasteiger partial charge in [-0.2, -0.15) is 4.57 Å². The maximum absolute atomic E-state index is 2.95. The predicted molar refractivity (Wildman–Crippen MR) is 23.1 cm³/mol. The second-order valence-electron chi connectivity index (χ2n) is 1.65. The van der Waals surface area contributed by atoms with E-state index in [2.05, 4.69) is 5.10 Å². The van der Waals surface area contributed by atoms with Gasteiger partial charge in [0, 0.05) is 0 Å². The van der Waals surface area contributed by atoms with E-state index in [-0.39, 0.29) is 0 Å². The van der Waals surface area contributed by atoms with E-state index >= 15 is 0 Å². The van der Waals surface area contributed by atoms with Crippen LogP contribution in [-0.4, -0.2) is 5.10 Å². The van der Waals surface area contributed by atoms with Crippen LogP contribution in [0.5, 0.6) is 0 Å². The summed E-state index contributed by atoms with van der Waals surface area (Å²) in [6.07, 6.45) is 3.82. The summed E-state index contributed by atoms with van der Waals surface area (Å²) in [5.74, 6) is 0. The summed E-state index contributed by atoms with van der Waals surface area (Å²) in [5, 5.41) is 2.95. The Morgan fingerprint density at radius 2 is 2.14 bits per heavy atom. The molecule has 0 bridgehead atoms. The maximum atomic E-state index is 2.95. The quantitative estimate of drug-likeness (QED) is 0.389. The summed E-state index contributed by atoms with van der Waals surface area (Å²) in [5.41, 5.74) is 0. The van der Waals surface area contributed by atoms with Crippen LogP contribution in [0.2, 0.25) is 0 Å². The second-order valence-corrected chi connectivity index (χ2v) is 1.65. The molecule has 0 fully saturated rings. The highest BCUT2D eigenvalue weighted by atomic mass is 15.3. The molecule has 0 spiro atoms. The smallest absolute Gasteiger partial charge is 0.163 e. The van der Waals surface area contributed by atoms with Crippen LogP contribution in [0.15, 0.2) is 12.7 Å². The molecule has 0 aliphatic rings. The van der Waals surface area contributed by atoms with Gasteiger partial charge in [0.25, 0.3) is 0 Å². The zero-order valence-corrected chi connectivity index (χ0v) is 4.55. The zero-order chi connectivity index (χ0) is 5.28. The van der Waals surface area contributed by atoms with Crippen LogP contribution in [0.3, 0.4) is 0 Å². The lowest BCUT2D eigenvalue weighted by atomic mass is 11.1. The Kier molecular flexibility index (Phi) is 0.817. The number of nitrogens with zero attached hydrogens (tertiary/aromatic N) is 2. The fraction of sp³-hybridized carbons (Fsp3) is 0.500. The fourth-order valence-corrected chi connectivity index (χ4v) is 0.522. The van der Waals surface area contributed by atoms with E-state index in [0.717, 1.165) is 0 Å². The first-order valence-electron chi connectivity index (χ1n) is 2.18. The van der Waals surface area contributed by atoms with Crippen LogP contribution < -0.4 is 9.25 Å². The number of aromatic nitrogens is 3. The number of hydrogen-bond donors (Lipinski definition) is 1. The molecular weight excluding hydrogens is 90.1 g/mol. The highest BCUT2D eigenvalue weighted by molar-refractivity contribution is 4.13. The normalized spacial score (nSPS) is 9.43. The molecule has 1 aromatic rings. The highest BCUT2D eigenvalue weighted by Gasteiger charge is 1.96. The monoisotopic (exact) mass is 99.1 g/mol. The topological polar surface area (TPSA) is 23.5 Å². The van der Waals surface area contributed by atoms with Crippen LogP contribution in [0.25, 0.3) is 0 Å². The summed E-state index contributed by atoms with van der Waals surface area (Å²) in [6, 6.07) is 0. The minimum Gasteiger partial charge on any atom is -0.163 e. The second kappa shape index (κ2) is 1.33. The molecule has 0 unspecified atom stereocenters. The van der Waals surface area contributed by atoms with Crippen LogP contribution >= 0.6 is 0 Å². The number of H-pyrrole nitrogens is 1. The molecular formula is C4H9N3+2. The van der Waals surface area contributed by atoms with Crippen molar-refractivity contribution in [3.8, 4) is 0 Å². The Balaban J connectivity index is 3.04. The third-order valence-corrected chi connectivity index (χ3v) is 0.820. The van der Waals surface area contributed by atoms with Gasteiger partial charge in [-0.3, -0.25) is 0 Å². The number of rotatable bonds is 0. The molecule has 1 aromatic heterocycles. The first-order valence-corrected chi connectivity index (χ1v) is 2.18. The fourth-order valence-electron chi connectivity index (χ4n) is 0.522. The number of aryl methyl sites for hydroxylation is 2. The molecule has 1 N–H and O–H groups in total. The Morgan fingerprint density at radius 1 is 1.43 bits per heavy atom. The molecule has 1 heterocycles. The van der Waals surface area contributed by atoms with Gasteiger partial charge in [-0.1, -0.05) is 0 Å². The van der Waals surface area contributed by atoms with Gasteiger partial charge >= 0.3 is 12.7 Å². The highest BCUT2D eigenvalue weighted by Crippen LogP contribution is 1.47. The SMILES string of the molecule is C[n+]1c[nH][n+](C)c1. The van der Waals surface area contributed by atoms with Crippen molar-refractivity contribution in [2.45, 2.75) is 0 Å². The van der Waals surface area contributed by atoms with Crippen LogP contribution in [0, 0.1) is 0 Å². The molecule has 7 heavy (non-hydrogen) atoms. The molecule has 38 valence electrons. The molecule has 0 aliphatic heterocycles. The van der Waals surface area contributed by atoms with Gasteiger partial charge in [-0.25, -0.2) is 0 Å². The van der Waals surface area contributed by atoms with Gasteiger partial charge in [0.1, 0.15) is 14.1 Å².